The van der Waals surface area contributed by atoms with Crippen LogP contribution in [0.2, 0.25) is 0 Å². The van der Waals surface area contributed by atoms with Gasteiger partial charge in [0.25, 0.3) is 0 Å². The first kappa shape index (κ1) is 23.4. The van der Waals surface area contributed by atoms with Gasteiger partial charge in [-0.15, -0.1) is 0 Å². The van der Waals surface area contributed by atoms with E-state index >= 15 is 0 Å². The van der Waals surface area contributed by atoms with Gasteiger partial charge in [-0.2, -0.15) is 5.26 Å². The minimum absolute atomic E-state index is 0.0749. The molecule has 0 N–H and O–H groups in total. The number of ether oxygens (including phenoxy) is 2. The highest BCUT2D eigenvalue weighted by Crippen LogP contribution is 2.64. The van der Waals surface area contributed by atoms with Crippen molar-refractivity contribution in [3.63, 3.8) is 0 Å². The number of carbonyl (C=O) groups excluding carboxylic acids is 1. The highest BCUT2D eigenvalue weighted by Gasteiger charge is 2.63. The van der Waals surface area contributed by atoms with Crippen LogP contribution >= 0.6 is 0 Å². The van der Waals surface area contributed by atoms with E-state index in [2.05, 4.69) is 35.7 Å². The Labute approximate surface area is 199 Å². The maximum Gasteiger partial charge on any atom is 0.311 e. The highest BCUT2D eigenvalue weighted by atomic mass is 16.5. The molecule has 0 radical (unpaired) electrons. The van der Waals surface area contributed by atoms with Gasteiger partial charge >= 0.3 is 5.97 Å². The molecule has 1 saturated carbocycles. The topological polar surface area (TPSA) is 98.0 Å². The van der Waals surface area contributed by atoms with E-state index in [0.29, 0.717) is 17.3 Å². The molecule has 1 aliphatic carbocycles. The summed E-state index contributed by atoms with van der Waals surface area (Å²) in [6, 6.07) is 16.3. The fourth-order valence-electron chi connectivity index (χ4n) is 4.17. The highest BCUT2D eigenvalue weighted by molar-refractivity contribution is 5.80. The SMILES string of the molecule is CC(C)(C)c1ncc([C@H]2[C@H](C(=O)OC(C#N)c3cccc(Oc4ccccc4)n3)C2(C)C)cn1. The van der Waals surface area contributed by atoms with E-state index in [-0.39, 0.29) is 16.7 Å². The fourth-order valence-corrected chi connectivity index (χ4v) is 4.17. The Morgan fingerprint density at radius 3 is 2.35 bits per heavy atom. The van der Waals surface area contributed by atoms with Crippen molar-refractivity contribution in [3.8, 4) is 17.7 Å². The first-order chi connectivity index (χ1) is 16.1. The summed E-state index contributed by atoms with van der Waals surface area (Å²) in [5.41, 5.74) is 0.735. The summed E-state index contributed by atoms with van der Waals surface area (Å²) in [4.78, 5) is 26.5. The zero-order chi connectivity index (χ0) is 24.5. The van der Waals surface area contributed by atoms with Gasteiger partial charge in [0.05, 0.1) is 11.6 Å². The van der Waals surface area contributed by atoms with Gasteiger partial charge in [0.15, 0.2) is 0 Å². The van der Waals surface area contributed by atoms with Crippen LogP contribution in [0.25, 0.3) is 0 Å². The minimum Gasteiger partial charge on any atom is -0.440 e. The number of hydrogen-bond acceptors (Lipinski definition) is 7. The lowest BCUT2D eigenvalue weighted by Gasteiger charge is -2.16. The van der Waals surface area contributed by atoms with E-state index < -0.39 is 18.0 Å². The lowest BCUT2D eigenvalue weighted by Crippen LogP contribution is -2.16. The van der Waals surface area contributed by atoms with Crippen molar-refractivity contribution in [1.29, 1.82) is 5.26 Å². The molecule has 1 aromatic carbocycles. The van der Waals surface area contributed by atoms with Crippen LogP contribution in [0.4, 0.5) is 0 Å². The van der Waals surface area contributed by atoms with E-state index in [4.69, 9.17) is 9.47 Å². The van der Waals surface area contributed by atoms with E-state index in [1.54, 1.807) is 30.6 Å². The van der Waals surface area contributed by atoms with Crippen LogP contribution in [-0.4, -0.2) is 20.9 Å². The number of pyridine rings is 1. The molecule has 7 heteroatoms. The summed E-state index contributed by atoms with van der Waals surface area (Å²) in [7, 11) is 0. The predicted molar refractivity (Wildman–Crippen MR) is 126 cm³/mol. The van der Waals surface area contributed by atoms with Crippen molar-refractivity contribution in [2.24, 2.45) is 11.3 Å². The van der Waals surface area contributed by atoms with Crippen molar-refractivity contribution < 1.29 is 14.3 Å². The molecule has 1 unspecified atom stereocenters. The molecule has 0 spiro atoms. The van der Waals surface area contributed by atoms with E-state index in [1.165, 1.54) is 0 Å². The summed E-state index contributed by atoms with van der Waals surface area (Å²) in [6.45, 7) is 10.2. The number of nitrogens with zero attached hydrogens (tertiary/aromatic N) is 4. The number of nitriles is 1. The van der Waals surface area contributed by atoms with E-state index in [1.807, 2.05) is 50.2 Å². The fraction of sp³-hybridized carbons (Fsp3) is 0.370. The van der Waals surface area contributed by atoms with Gasteiger partial charge in [-0.3, -0.25) is 4.79 Å². The van der Waals surface area contributed by atoms with Crippen molar-refractivity contribution >= 4 is 5.97 Å². The summed E-state index contributed by atoms with van der Waals surface area (Å²) in [6.07, 6.45) is 2.45. The Morgan fingerprint density at radius 2 is 1.74 bits per heavy atom. The molecule has 2 aromatic heterocycles. The summed E-state index contributed by atoms with van der Waals surface area (Å²) >= 11 is 0. The second kappa shape index (κ2) is 8.86. The molecule has 0 bridgehead atoms. The number of rotatable bonds is 6. The normalized spacial score (nSPS) is 19.5. The van der Waals surface area contributed by atoms with Gasteiger partial charge < -0.3 is 9.47 Å². The lowest BCUT2D eigenvalue weighted by molar-refractivity contribution is -0.149. The lowest BCUT2D eigenvalue weighted by atomic mass is 9.95. The molecule has 0 saturated heterocycles. The summed E-state index contributed by atoms with van der Waals surface area (Å²) in [5, 5.41) is 9.70. The summed E-state index contributed by atoms with van der Waals surface area (Å²) < 4.78 is 11.4. The second-order valence-electron chi connectivity index (χ2n) is 10.1. The molecular weight excluding hydrogens is 428 g/mol. The third-order valence-corrected chi connectivity index (χ3v) is 6.11. The van der Waals surface area contributed by atoms with Crippen LogP contribution in [0, 0.1) is 22.7 Å². The molecule has 1 fully saturated rings. The molecular formula is C27H28N4O3. The second-order valence-corrected chi connectivity index (χ2v) is 10.1. The number of carbonyl (C=O) groups is 1. The van der Waals surface area contributed by atoms with Gasteiger partial charge in [-0.1, -0.05) is 58.9 Å². The van der Waals surface area contributed by atoms with Crippen LogP contribution in [-0.2, 0) is 14.9 Å². The third-order valence-electron chi connectivity index (χ3n) is 6.11. The number of aromatic nitrogens is 3. The first-order valence-corrected chi connectivity index (χ1v) is 11.2. The van der Waals surface area contributed by atoms with Crippen molar-refractivity contribution in [3.05, 3.63) is 78.0 Å². The van der Waals surface area contributed by atoms with Crippen LogP contribution in [0.15, 0.2) is 60.9 Å². The Morgan fingerprint density at radius 1 is 1.06 bits per heavy atom. The Balaban J connectivity index is 1.47. The maximum atomic E-state index is 13.1. The quantitative estimate of drug-likeness (QED) is 0.451. The Hall–Kier alpha value is -3.79. The van der Waals surface area contributed by atoms with Gasteiger partial charge in [0.1, 0.15) is 17.6 Å². The van der Waals surface area contributed by atoms with Crippen molar-refractivity contribution in [1.82, 2.24) is 15.0 Å². The molecule has 0 aliphatic heterocycles. The maximum absolute atomic E-state index is 13.1. The zero-order valence-corrected chi connectivity index (χ0v) is 20.0. The van der Waals surface area contributed by atoms with Gasteiger partial charge in [0.2, 0.25) is 12.0 Å². The summed E-state index contributed by atoms with van der Waals surface area (Å²) in [5.74, 6) is 0.797. The average molecular weight is 457 g/mol. The third kappa shape index (κ3) is 4.76. The number of para-hydroxylation sites is 1. The smallest absolute Gasteiger partial charge is 0.311 e. The molecule has 3 aromatic rings. The average Bonchev–Trinajstić information content (AvgIpc) is 3.39. The Kier molecular flexibility index (Phi) is 6.09. The Bertz CT molecular complexity index is 1210. The minimum atomic E-state index is -1.14. The van der Waals surface area contributed by atoms with Crippen LogP contribution in [0.3, 0.4) is 0 Å². The van der Waals surface area contributed by atoms with Crippen LogP contribution in [0.5, 0.6) is 11.6 Å². The largest absolute Gasteiger partial charge is 0.440 e. The van der Waals surface area contributed by atoms with Gasteiger partial charge in [-0.05, 0) is 29.2 Å². The molecule has 3 atom stereocenters. The van der Waals surface area contributed by atoms with Crippen molar-refractivity contribution in [2.45, 2.75) is 52.1 Å². The standard InChI is InChI=1S/C27H28N4O3/c1-26(2,3)25-29-15-17(16-30-25)22-23(27(22,4)5)24(32)34-20(14-28)19-12-9-13-21(31-19)33-18-10-7-6-8-11-18/h6-13,15-16,20,22-23H,1-5H3/t20?,22-,23+/m0/s1. The van der Waals surface area contributed by atoms with Crippen LogP contribution < -0.4 is 4.74 Å². The van der Waals surface area contributed by atoms with E-state index in [0.717, 1.165) is 11.4 Å². The predicted octanol–water partition coefficient (Wildman–Crippen LogP) is 5.51. The molecule has 0 amide bonds. The number of benzene rings is 1. The molecule has 34 heavy (non-hydrogen) atoms. The van der Waals surface area contributed by atoms with E-state index in [9.17, 15) is 10.1 Å². The molecule has 174 valence electrons. The molecule has 1 aliphatic rings. The van der Waals surface area contributed by atoms with Crippen LogP contribution in [0.1, 0.15) is 63.7 Å². The molecule has 2 heterocycles. The molecule has 4 rings (SSSR count). The number of hydrogen-bond donors (Lipinski definition) is 0. The van der Waals surface area contributed by atoms with Gasteiger partial charge in [-0.25, -0.2) is 15.0 Å². The zero-order valence-electron chi connectivity index (χ0n) is 20.0. The molecule has 7 nitrogen and oxygen atoms in total. The number of esters is 1. The van der Waals surface area contributed by atoms with Gasteiger partial charge in [0, 0.05) is 29.8 Å². The van der Waals surface area contributed by atoms with Crippen molar-refractivity contribution in [2.75, 3.05) is 0 Å². The monoisotopic (exact) mass is 456 g/mol. The first-order valence-electron chi connectivity index (χ1n) is 11.2.